The van der Waals surface area contributed by atoms with Crippen LogP contribution in [-0.2, 0) is 4.79 Å². The van der Waals surface area contributed by atoms with Crippen LogP contribution in [0.1, 0.15) is 29.5 Å². The lowest BCUT2D eigenvalue weighted by Crippen LogP contribution is -2.34. The lowest BCUT2D eigenvalue weighted by atomic mass is 9.83. The Kier molecular flexibility index (Phi) is 6.09. The average molecular weight is 372 g/mol. The van der Waals surface area contributed by atoms with Crippen molar-refractivity contribution in [1.82, 2.24) is 4.90 Å². The molecule has 1 saturated carbocycles. The molecule has 1 aliphatic rings. The molecule has 0 N–H and O–H groups in total. The number of carbonyl (C=O) groups is 1. The van der Waals surface area contributed by atoms with E-state index in [0.717, 1.165) is 35.1 Å². The molecule has 0 saturated heterocycles. The van der Waals surface area contributed by atoms with Gasteiger partial charge < -0.3 is 4.90 Å². The maximum atomic E-state index is 13.1. The highest BCUT2D eigenvalue weighted by Crippen LogP contribution is 2.31. The minimum Gasteiger partial charge on any atom is -0.306 e. The Morgan fingerprint density at radius 2 is 1.46 bits per heavy atom. The molecule has 0 amide bonds. The van der Waals surface area contributed by atoms with Crippen molar-refractivity contribution in [2.45, 2.75) is 25.8 Å². The van der Waals surface area contributed by atoms with Gasteiger partial charge in [-0.25, -0.2) is 0 Å². The number of nitrogens with zero attached hydrogens (tertiary/aromatic N) is 4. The second-order valence-electron chi connectivity index (χ2n) is 7.39. The van der Waals surface area contributed by atoms with Crippen LogP contribution in [0.5, 0.6) is 0 Å². The van der Waals surface area contributed by atoms with Gasteiger partial charge in [-0.15, -0.1) is 0 Å². The summed E-state index contributed by atoms with van der Waals surface area (Å²) in [6.45, 7) is 2.05. The predicted molar refractivity (Wildman–Crippen MR) is 114 cm³/mol. The van der Waals surface area contributed by atoms with E-state index in [1.807, 2.05) is 36.4 Å². The van der Waals surface area contributed by atoms with E-state index in [-0.39, 0.29) is 11.8 Å². The van der Waals surface area contributed by atoms with Crippen molar-refractivity contribution in [3.05, 3.63) is 86.8 Å². The molecule has 0 radical (unpaired) electrons. The summed E-state index contributed by atoms with van der Waals surface area (Å²) < 4.78 is 0. The van der Waals surface area contributed by atoms with Gasteiger partial charge in [0.1, 0.15) is 0 Å². The summed E-state index contributed by atoms with van der Waals surface area (Å²) in [6.07, 6.45) is 5.42. The van der Waals surface area contributed by atoms with Crippen molar-refractivity contribution in [2.75, 3.05) is 14.1 Å². The third-order valence-corrected chi connectivity index (χ3v) is 5.04. The van der Waals surface area contributed by atoms with Crippen molar-refractivity contribution < 1.29 is 4.79 Å². The van der Waals surface area contributed by atoms with Gasteiger partial charge in [0.2, 0.25) is 0 Å². The van der Waals surface area contributed by atoms with Gasteiger partial charge >= 0.3 is 0 Å². The van der Waals surface area contributed by atoms with E-state index in [0.29, 0.717) is 5.69 Å². The van der Waals surface area contributed by atoms with Crippen molar-refractivity contribution in [3.8, 4) is 0 Å². The summed E-state index contributed by atoms with van der Waals surface area (Å²) >= 11 is 0. The monoisotopic (exact) mass is 372 g/mol. The lowest BCUT2D eigenvalue weighted by Gasteiger charge is -2.30. The van der Waals surface area contributed by atoms with Gasteiger partial charge in [-0.3, -0.25) is 4.79 Å². The second kappa shape index (κ2) is 8.70. The number of benzene rings is 2. The highest BCUT2D eigenvalue weighted by molar-refractivity contribution is 6.14. The smallest absolute Gasteiger partial charge is 0.185 e. The predicted octanol–water partition coefficient (Wildman–Crippen LogP) is 5.70. The molecule has 5 nitrogen and oxygen atoms in total. The van der Waals surface area contributed by atoms with E-state index in [9.17, 15) is 4.79 Å². The second-order valence-corrected chi connectivity index (χ2v) is 7.39. The Hall–Kier alpha value is -3.14. The quantitative estimate of drug-likeness (QED) is 0.299. The van der Waals surface area contributed by atoms with Gasteiger partial charge in [-0.1, -0.05) is 59.2 Å². The first-order valence-corrected chi connectivity index (χ1v) is 9.30. The van der Waals surface area contributed by atoms with E-state index in [4.69, 9.17) is 5.53 Å². The Balaban J connectivity index is 1.94. The molecule has 0 spiro atoms. The Labute approximate surface area is 165 Å². The highest BCUT2D eigenvalue weighted by Gasteiger charge is 2.28. The summed E-state index contributed by atoms with van der Waals surface area (Å²) in [5.41, 5.74) is 13.9. The maximum absolute atomic E-state index is 13.1. The fraction of sp³-hybridized carbons (Fsp3) is 0.261. The minimum atomic E-state index is 0.109. The zero-order chi connectivity index (χ0) is 20.1. The zero-order valence-corrected chi connectivity index (χ0v) is 16.5. The molecular formula is C23H24N4O. The SMILES string of the molecule is Cc1ccc(/C=C2\CC(N(C)C)C/C(=C\c3ccc(N=[N+]=[N-])cc3)C2=O)cc1. The summed E-state index contributed by atoms with van der Waals surface area (Å²) in [4.78, 5) is 18.1. The van der Waals surface area contributed by atoms with Gasteiger partial charge in [0, 0.05) is 27.8 Å². The van der Waals surface area contributed by atoms with Gasteiger partial charge in [0.15, 0.2) is 5.78 Å². The third-order valence-electron chi connectivity index (χ3n) is 5.04. The number of aryl methyl sites for hydroxylation is 1. The fourth-order valence-electron chi connectivity index (χ4n) is 3.34. The fourth-order valence-corrected chi connectivity index (χ4v) is 3.34. The molecule has 1 atom stereocenters. The van der Waals surface area contributed by atoms with Crippen LogP contribution in [0.25, 0.3) is 22.6 Å². The molecular weight excluding hydrogens is 348 g/mol. The standard InChI is InChI=1S/C23H24N4O/c1-16-4-6-17(7-5-16)12-19-14-22(27(2)3)15-20(23(19)28)13-18-8-10-21(11-9-18)25-26-24/h4-13,22H,14-15H2,1-3H3/b19-12+,20-13+. The number of hydrogen-bond acceptors (Lipinski definition) is 3. The largest absolute Gasteiger partial charge is 0.306 e. The van der Waals surface area contributed by atoms with E-state index in [1.165, 1.54) is 5.56 Å². The number of rotatable bonds is 4. The molecule has 0 bridgehead atoms. The number of hydrogen-bond donors (Lipinski definition) is 0. The van der Waals surface area contributed by atoms with Crippen LogP contribution >= 0.6 is 0 Å². The van der Waals surface area contributed by atoms with Gasteiger partial charge in [0.25, 0.3) is 0 Å². The normalized spacial score (nSPS) is 19.9. The molecule has 0 heterocycles. The summed E-state index contributed by atoms with van der Waals surface area (Å²) in [5.74, 6) is 0.109. The topological polar surface area (TPSA) is 69.1 Å². The summed E-state index contributed by atoms with van der Waals surface area (Å²) in [6, 6.07) is 15.7. The van der Waals surface area contributed by atoms with E-state index >= 15 is 0 Å². The van der Waals surface area contributed by atoms with Crippen LogP contribution < -0.4 is 0 Å². The van der Waals surface area contributed by atoms with Gasteiger partial charge in [-0.2, -0.15) is 0 Å². The number of Topliss-reactive ketones (excluding diaryl/α,β-unsaturated/α-hetero) is 1. The first-order valence-electron chi connectivity index (χ1n) is 9.30. The Morgan fingerprint density at radius 3 is 1.93 bits per heavy atom. The Bertz CT molecular complexity index is 963. The average Bonchev–Trinajstić information content (AvgIpc) is 2.68. The molecule has 2 aromatic rings. The summed E-state index contributed by atoms with van der Waals surface area (Å²) in [7, 11) is 4.10. The molecule has 3 rings (SSSR count). The minimum absolute atomic E-state index is 0.109. The van der Waals surface area contributed by atoms with Crippen LogP contribution in [-0.4, -0.2) is 30.8 Å². The molecule has 1 aliphatic carbocycles. The number of ketones is 1. The molecule has 0 aliphatic heterocycles. The van der Waals surface area contributed by atoms with Crippen LogP contribution in [0, 0.1) is 6.92 Å². The molecule has 2 aromatic carbocycles. The summed E-state index contributed by atoms with van der Waals surface area (Å²) in [5, 5.41) is 3.59. The molecule has 28 heavy (non-hydrogen) atoms. The van der Waals surface area contributed by atoms with E-state index < -0.39 is 0 Å². The molecule has 0 aromatic heterocycles. The van der Waals surface area contributed by atoms with Crippen molar-refractivity contribution in [3.63, 3.8) is 0 Å². The number of azide groups is 1. The molecule has 5 heteroatoms. The van der Waals surface area contributed by atoms with E-state index in [1.54, 1.807) is 12.1 Å². The first-order chi connectivity index (χ1) is 13.5. The molecule has 1 fully saturated rings. The lowest BCUT2D eigenvalue weighted by molar-refractivity contribution is -0.113. The molecule has 1 unspecified atom stereocenters. The zero-order valence-electron chi connectivity index (χ0n) is 16.5. The number of carbonyl (C=O) groups excluding carboxylic acids is 1. The van der Waals surface area contributed by atoms with Crippen molar-refractivity contribution in [1.29, 1.82) is 0 Å². The first kappa shape index (κ1) is 19.6. The van der Waals surface area contributed by atoms with Crippen LogP contribution in [0.3, 0.4) is 0 Å². The van der Waals surface area contributed by atoms with Gasteiger partial charge in [0.05, 0.1) is 0 Å². The Morgan fingerprint density at radius 1 is 0.964 bits per heavy atom. The van der Waals surface area contributed by atoms with Gasteiger partial charge in [-0.05, 0) is 62.7 Å². The van der Waals surface area contributed by atoms with Crippen LogP contribution in [0.4, 0.5) is 5.69 Å². The van der Waals surface area contributed by atoms with Crippen molar-refractivity contribution in [2.24, 2.45) is 5.11 Å². The molecule has 142 valence electrons. The van der Waals surface area contributed by atoms with Crippen molar-refractivity contribution >= 4 is 23.6 Å². The van der Waals surface area contributed by atoms with Crippen LogP contribution in [0.2, 0.25) is 0 Å². The maximum Gasteiger partial charge on any atom is 0.185 e. The van der Waals surface area contributed by atoms with Crippen LogP contribution in [0.15, 0.2) is 64.8 Å². The highest BCUT2D eigenvalue weighted by atomic mass is 16.1. The third kappa shape index (κ3) is 4.77. The van der Waals surface area contributed by atoms with E-state index in [2.05, 4.69) is 48.1 Å².